The fourth-order valence-electron chi connectivity index (χ4n) is 4.07. The quantitative estimate of drug-likeness (QED) is 0.489. The lowest BCUT2D eigenvalue weighted by atomic mass is 10.0. The van der Waals surface area contributed by atoms with Crippen molar-refractivity contribution in [3.8, 4) is 0 Å². The van der Waals surface area contributed by atoms with Gasteiger partial charge in [-0.15, -0.1) is 0 Å². The van der Waals surface area contributed by atoms with Crippen molar-refractivity contribution in [1.82, 2.24) is 4.90 Å². The molecule has 0 radical (unpaired) electrons. The van der Waals surface area contributed by atoms with Crippen molar-refractivity contribution in [3.05, 3.63) is 71.2 Å². The number of halogens is 1. The number of amides is 1. The molecule has 1 heterocycles. The number of carbonyl (C=O) groups is 1. The van der Waals surface area contributed by atoms with E-state index in [0.29, 0.717) is 29.8 Å². The van der Waals surface area contributed by atoms with E-state index in [-0.39, 0.29) is 30.1 Å². The van der Waals surface area contributed by atoms with E-state index in [4.69, 9.17) is 16.6 Å². The zero-order valence-electron chi connectivity index (χ0n) is 17.6. The largest absolute Gasteiger partial charge is 0.404 e. The molecular formula is C24H28FN5O. The Morgan fingerprint density at radius 1 is 1.29 bits per heavy atom. The van der Waals surface area contributed by atoms with Crippen LogP contribution in [0.2, 0.25) is 0 Å². The van der Waals surface area contributed by atoms with Crippen molar-refractivity contribution in [2.45, 2.75) is 25.8 Å². The molecule has 6 nitrogen and oxygen atoms in total. The first-order valence-corrected chi connectivity index (χ1v) is 10.3. The number of allylic oxidation sites excluding steroid dienone is 1. The number of likely N-dealkylation sites (tertiary alicyclic amines) is 1. The first kappa shape index (κ1) is 22.2. The maximum Gasteiger partial charge on any atom is 0.227 e. The van der Waals surface area contributed by atoms with Gasteiger partial charge in [0.05, 0.1) is 6.42 Å². The number of anilines is 1. The molecule has 31 heavy (non-hydrogen) atoms. The van der Waals surface area contributed by atoms with Gasteiger partial charge in [0.25, 0.3) is 0 Å². The Balaban J connectivity index is 1.61. The fraction of sp³-hybridized carbons (Fsp3) is 0.292. The summed E-state index contributed by atoms with van der Waals surface area (Å²) in [4.78, 5) is 14.6. The van der Waals surface area contributed by atoms with Crippen LogP contribution in [0, 0.1) is 22.6 Å². The molecule has 0 aliphatic carbocycles. The van der Waals surface area contributed by atoms with Crippen LogP contribution in [-0.4, -0.2) is 42.4 Å². The lowest BCUT2D eigenvalue weighted by molar-refractivity contribution is -0.131. The van der Waals surface area contributed by atoms with Gasteiger partial charge in [0, 0.05) is 54.6 Å². The Labute approximate surface area is 182 Å². The average molecular weight is 422 g/mol. The van der Waals surface area contributed by atoms with Gasteiger partial charge in [0.1, 0.15) is 5.82 Å². The molecule has 7 heteroatoms. The highest BCUT2D eigenvalue weighted by molar-refractivity contribution is 6.08. The van der Waals surface area contributed by atoms with Crippen LogP contribution in [0.3, 0.4) is 0 Å². The smallest absolute Gasteiger partial charge is 0.227 e. The van der Waals surface area contributed by atoms with Crippen LogP contribution in [0.4, 0.5) is 10.1 Å². The molecular weight excluding hydrogens is 393 g/mol. The Morgan fingerprint density at radius 3 is 2.77 bits per heavy atom. The van der Waals surface area contributed by atoms with E-state index in [2.05, 4.69) is 5.32 Å². The zero-order chi connectivity index (χ0) is 22.4. The molecule has 0 bridgehead atoms. The third-order valence-corrected chi connectivity index (χ3v) is 5.68. The topological polar surface area (TPSA) is 106 Å². The molecule has 1 aliphatic heterocycles. The second-order valence-corrected chi connectivity index (χ2v) is 7.90. The maximum absolute atomic E-state index is 13.4. The molecule has 1 aliphatic rings. The lowest BCUT2D eigenvalue weighted by Crippen LogP contribution is -2.35. The SMILES string of the molecule is CC1CC(CNc2ccc(/C(C=N)=C/N)cc2C=N)CN1C(=O)Cc1cccc(F)c1. The third-order valence-electron chi connectivity index (χ3n) is 5.68. The van der Waals surface area contributed by atoms with Gasteiger partial charge < -0.3 is 26.8 Å². The van der Waals surface area contributed by atoms with Crippen LogP contribution in [-0.2, 0) is 11.2 Å². The van der Waals surface area contributed by atoms with Gasteiger partial charge in [-0.3, -0.25) is 4.79 Å². The minimum absolute atomic E-state index is 0.0119. The van der Waals surface area contributed by atoms with Crippen molar-refractivity contribution in [3.63, 3.8) is 0 Å². The number of benzene rings is 2. The Bertz CT molecular complexity index is 1000. The van der Waals surface area contributed by atoms with Gasteiger partial charge >= 0.3 is 0 Å². The predicted octanol–water partition coefficient (Wildman–Crippen LogP) is 3.66. The molecule has 2 unspecified atom stereocenters. The molecule has 1 amide bonds. The molecule has 2 atom stereocenters. The molecule has 1 saturated heterocycles. The number of rotatable bonds is 8. The van der Waals surface area contributed by atoms with Gasteiger partial charge in [0.15, 0.2) is 0 Å². The Hall–Kier alpha value is -3.48. The minimum atomic E-state index is -0.329. The summed E-state index contributed by atoms with van der Waals surface area (Å²) in [6.45, 7) is 3.37. The third kappa shape index (κ3) is 5.36. The molecule has 162 valence electrons. The molecule has 2 aromatic carbocycles. The first-order valence-electron chi connectivity index (χ1n) is 10.3. The van der Waals surface area contributed by atoms with Gasteiger partial charge in [-0.05, 0) is 54.7 Å². The number of nitrogens with two attached hydrogens (primary N) is 1. The van der Waals surface area contributed by atoms with Crippen molar-refractivity contribution in [2.24, 2.45) is 11.7 Å². The van der Waals surface area contributed by atoms with E-state index < -0.39 is 0 Å². The van der Waals surface area contributed by atoms with Gasteiger partial charge in [-0.1, -0.05) is 18.2 Å². The Morgan fingerprint density at radius 2 is 2.10 bits per heavy atom. The summed E-state index contributed by atoms with van der Waals surface area (Å²) < 4.78 is 13.4. The highest BCUT2D eigenvalue weighted by atomic mass is 19.1. The van der Waals surface area contributed by atoms with Gasteiger partial charge in [-0.25, -0.2) is 4.39 Å². The molecule has 1 fully saturated rings. The molecule has 0 aromatic heterocycles. The fourth-order valence-corrected chi connectivity index (χ4v) is 4.07. The first-order chi connectivity index (χ1) is 14.9. The second-order valence-electron chi connectivity index (χ2n) is 7.90. The summed E-state index contributed by atoms with van der Waals surface area (Å²) in [7, 11) is 0. The maximum atomic E-state index is 13.4. The van der Waals surface area contributed by atoms with E-state index in [9.17, 15) is 9.18 Å². The molecule has 3 rings (SSSR count). The van der Waals surface area contributed by atoms with Crippen molar-refractivity contribution < 1.29 is 9.18 Å². The monoisotopic (exact) mass is 421 g/mol. The van der Waals surface area contributed by atoms with Gasteiger partial charge in [0.2, 0.25) is 5.91 Å². The molecule has 5 N–H and O–H groups in total. The van der Waals surface area contributed by atoms with E-state index in [0.717, 1.165) is 17.7 Å². The van der Waals surface area contributed by atoms with E-state index in [1.54, 1.807) is 12.1 Å². The van der Waals surface area contributed by atoms with Crippen molar-refractivity contribution in [2.75, 3.05) is 18.4 Å². The van der Waals surface area contributed by atoms with Crippen LogP contribution in [0.25, 0.3) is 5.57 Å². The molecule has 0 saturated carbocycles. The standard InChI is InChI=1S/C24H28FN5O/c1-16-7-18(15-30(16)24(31)9-17-3-2-4-22(25)8-17)14-29-23-6-5-19(10-20(23)11-26)21(12-27)13-28/h2-6,8,10-13,16,18,26-27,29H,7,9,14-15,28H2,1H3/b21-13+,26-11?,27-12?. The predicted molar refractivity (Wildman–Crippen MR) is 123 cm³/mol. The summed E-state index contributed by atoms with van der Waals surface area (Å²) in [5.41, 5.74) is 9.16. The average Bonchev–Trinajstić information content (AvgIpc) is 3.14. The number of nitrogens with zero attached hydrogens (tertiary/aromatic N) is 1. The van der Waals surface area contributed by atoms with Crippen molar-refractivity contribution in [1.29, 1.82) is 10.8 Å². The van der Waals surface area contributed by atoms with E-state index in [1.165, 1.54) is 30.8 Å². The molecule has 0 spiro atoms. The van der Waals surface area contributed by atoms with Crippen LogP contribution in [0.5, 0.6) is 0 Å². The van der Waals surface area contributed by atoms with E-state index in [1.807, 2.05) is 30.0 Å². The second kappa shape index (κ2) is 10.0. The zero-order valence-corrected chi connectivity index (χ0v) is 17.6. The van der Waals surface area contributed by atoms with Crippen LogP contribution in [0.1, 0.15) is 30.0 Å². The van der Waals surface area contributed by atoms with Crippen molar-refractivity contribution >= 4 is 29.6 Å². The summed E-state index contributed by atoms with van der Waals surface area (Å²) in [5, 5.41) is 18.5. The number of nitrogens with one attached hydrogen (secondary N) is 3. The van der Waals surface area contributed by atoms with E-state index >= 15 is 0 Å². The van der Waals surface area contributed by atoms with Crippen LogP contribution < -0.4 is 11.1 Å². The lowest BCUT2D eigenvalue weighted by Gasteiger charge is -2.21. The summed E-state index contributed by atoms with van der Waals surface area (Å²) >= 11 is 0. The summed E-state index contributed by atoms with van der Waals surface area (Å²) in [6, 6.07) is 11.9. The Kier molecular flexibility index (Phi) is 7.18. The highest BCUT2D eigenvalue weighted by Gasteiger charge is 2.32. The number of hydrogen-bond donors (Lipinski definition) is 4. The van der Waals surface area contributed by atoms with Crippen LogP contribution >= 0.6 is 0 Å². The minimum Gasteiger partial charge on any atom is -0.404 e. The van der Waals surface area contributed by atoms with Crippen LogP contribution in [0.15, 0.2) is 48.7 Å². The number of hydrogen-bond acceptors (Lipinski definition) is 5. The summed E-state index contributed by atoms with van der Waals surface area (Å²) in [5.74, 6) is -0.0340. The summed E-state index contributed by atoms with van der Waals surface area (Å²) in [6.07, 6.45) is 4.92. The highest BCUT2D eigenvalue weighted by Crippen LogP contribution is 2.26. The molecule has 2 aromatic rings. The number of carbonyl (C=O) groups excluding carboxylic acids is 1. The normalized spacial score (nSPS) is 18.6. The van der Waals surface area contributed by atoms with Gasteiger partial charge in [-0.2, -0.15) is 0 Å².